The Hall–Kier alpha value is -2.45. The van der Waals surface area contributed by atoms with Crippen molar-refractivity contribution in [3.8, 4) is 6.07 Å². The lowest BCUT2D eigenvalue weighted by molar-refractivity contribution is 0.759. The van der Waals surface area contributed by atoms with Crippen molar-refractivity contribution in [1.82, 2.24) is 15.3 Å². The third-order valence-corrected chi connectivity index (χ3v) is 2.33. The lowest BCUT2D eigenvalue weighted by atomic mass is 10.2. The molecule has 2 N–H and O–H groups in total. The molecule has 90 valence electrons. The van der Waals surface area contributed by atoms with E-state index in [-0.39, 0.29) is 0 Å². The standard InChI is InChI=1S/C13H13N5/c1-15-9-13-16-7-6-12(18-13)17-11-4-2-10(8-14)3-5-11/h2-7,15H,9H2,1H3,(H,16,17,18). The molecular formula is C13H13N5. The molecule has 5 heteroatoms. The highest BCUT2D eigenvalue weighted by atomic mass is 15.0. The van der Waals surface area contributed by atoms with Crippen molar-refractivity contribution in [2.45, 2.75) is 6.54 Å². The van der Waals surface area contributed by atoms with Crippen molar-refractivity contribution in [2.24, 2.45) is 0 Å². The molecule has 0 atom stereocenters. The number of benzene rings is 1. The van der Waals surface area contributed by atoms with Crippen LogP contribution in [0.15, 0.2) is 36.5 Å². The predicted molar refractivity (Wildman–Crippen MR) is 69.2 cm³/mol. The van der Waals surface area contributed by atoms with E-state index in [1.807, 2.05) is 19.2 Å². The molecule has 5 nitrogen and oxygen atoms in total. The van der Waals surface area contributed by atoms with Gasteiger partial charge in [0.05, 0.1) is 18.2 Å². The second-order valence-electron chi connectivity index (χ2n) is 3.70. The number of hydrogen-bond donors (Lipinski definition) is 2. The van der Waals surface area contributed by atoms with Crippen LogP contribution in [0.3, 0.4) is 0 Å². The first-order chi connectivity index (χ1) is 8.81. The Morgan fingerprint density at radius 3 is 2.67 bits per heavy atom. The lowest BCUT2D eigenvalue weighted by Gasteiger charge is -2.06. The van der Waals surface area contributed by atoms with E-state index in [9.17, 15) is 0 Å². The number of anilines is 2. The molecule has 0 radical (unpaired) electrons. The zero-order chi connectivity index (χ0) is 12.8. The van der Waals surface area contributed by atoms with Gasteiger partial charge in [-0.05, 0) is 37.4 Å². The van der Waals surface area contributed by atoms with E-state index in [2.05, 4.69) is 26.7 Å². The molecule has 0 spiro atoms. The van der Waals surface area contributed by atoms with Gasteiger partial charge in [-0.3, -0.25) is 0 Å². The van der Waals surface area contributed by atoms with Gasteiger partial charge in [0.2, 0.25) is 0 Å². The third kappa shape index (κ3) is 3.03. The summed E-state index contributed by atoms with van der Waals surface area (Å²) in [5.41, 5.74) is 1.53. The molecule has 0 saturated carbocycles. The van der Waals surface area contributed by atoms with Crippen LogP contribution in [0.25, 0.3) is 0 Å². The monoisotopic (exact) mass is 239 g/mol. The summed E-state index contributed by atoms with van der Waals surface area (Å²) in [4.78, 5) is 8.49. The fourth-order valence-electron chi connectivity index (χ4n) is 1.49. The van der Waals surface area contributed by atoms with Crippen LogP contribution in [-0.4, -0.2) is 17.0 Å². The minimum Gasteiger partial charge on any atom is -0.340 e. The Morgan fingerprint density at radius 1 is 1.22 bits per heavy atom. The maximum atomic E-state index is 8.72. The number of nitrogens with one attached hydrogen (secondary N) is 2. The average Bonchev–Trinajstić information content (AvgIpc) is 2.40. The van der Waals surface area contributed by atoms with Gasteiger partial charge < -0.3 is 10.6 Å². The Morgan fingerprint density at radius 2 is 2.00 bits per heavy atom. The van der Waals surface area contributed by atoms with E-state index in [4.69, 9.17) is 5.26 Å². The molecule has 0 unspecified atom stereocenters. The second kappa shape index (κ2) is 5.75. The Kier molecular flexibility index (Phi) is 3.84. The molecule has 1 aromatic carbocycles. The average molecular weight is 239 g/mol. The van der Waals surface area contributed by atoms with Crippen molar-refractivity contribution in [1.29, 1.82) is 5.26 Å². The number of nitrogens with zero attached hydrogens (tertiary/aromatic N) is 3. The number of hydrogen-bond acceptors (Lipinski definition) is 5. The second-order valence-corrected chi connectivity index (χ2v) is 3.70. The van der Waals surface area contributed by atoms with Gasteiger partial charge >= 0.3 is 0 Å². The van der Waals surface area contributed by atoms with E-state index in [1.54, 1.807) is 24.4 Å². The van der Waals surface area contributed by atoms with Crippen molar-refractivity contribution in [2.75, 3.05) is 12.4 Å². The topological polar surface area (TPSA) is 73.6 Å². The van der Waals surface area contributed by atoms with E-state index >= 15 is 0 Å². The van der Waals surface area contributed by atoms with Gasteiger partial charge in [-0.2, -0.15) is 5.26 Å². The molecule has 2 aromatic rings. The summed E-state index contributed by atoms with van der Waals surface area (Å²) in [5, 5.41) is 14.9. The summed E-state index contributed by atoms with van der Waals surface area (Å²) in [6.45, 7) is 0.628. The zero-order valence-corrected chi connectivity index (χ0v) is 10.0. The minimum atomic E-state index is 0.628. The Bertz CT molecular complexity index is 556. The summed E-state index contributed by atoms with van der Waals surface area (Å²) >= 11 is 0. The molecule has 0 bridgehead atoms. The third-order valence-electron chi connectivity index (χ3n) is 2.33. The molecule has 1 aromatic heterocycles. The summed E-state index contributed by atoms with van der Waals surface area (Å²) in [6.07, 6.45) is 1.71. The van der Waals surface area contributed by atoms with E-state index < -0.39 is 0 Å². The van der Waals surface area contributed by atoms with Gasteiger partial charge in [-0.25, -0.2) is 9.97 Å². The summed E-state index contributed by atoms with van der Waals surface area (Å²) < 4.78 is 0. The Labute approximate surface area is 106 Å². The molecule has 2 rings (SSSR count). The van der Waals surface area contributed by atoms with E-state index in [1.165, 1.54) is 0 Å². The van der Waals surface area contributed by atoms with Crippen LogP contribution in [0.2, 0.25) is 0 Å². The minimum absolute atomic E-state index is 0.628. The smallest absolute Gasteiger partial charge is 0.144 e. The lowest BCUT2D eigenvalue weighted by Crippen LogP contribution is -2.09. The first-order valence-electron chi connectivity index (χ1n) is 5.55. The summed E-state index contributed by atoms with van der Waals surface area (Å²) in [6, 6.07) is 11.1. The van der Waals surface area contributed by atoms with E-state index in [0.29, 0.717) is 12.1 Å². The van der Waals surface area contributed by atoms with Crippen LogP contribution < -0.4 is 10.6 Å². The molecule has 0 aliphatic heterocycles. The normalized spacial score (nSPS) is 9.78. The number of nitriles is 1. The van der Waals surface area contributed by atoms with Crippen molar-refractivity contribution in [3.63, 3.8) is 0 Å². The summed E-state index contributed by atoms with van der Waals surface area (Å²) in [7, 11) is 1.85. The van der Waals surface area contributed by atoms with Crippen LogP contribution in [0.5, 0.6) is 0 Å². The number of rotatable bonds is 4. The zero-order valence-electron chi connectivity index (χ0n) is 10.0. The molecule has 18 heavy (non-hydrogen) atoms. The van der Waals surface area contributed by atoms with Gasteiger partial charge in [0, 0.05) is 11.9 Å². The van der Waals surface area contributed by atoms with Crippen molar-refractivity contribution < 1.29 is 0 Å². The highest BCUT2D eigenvalue weighted by molar-refractivity contribution is 5.56. The molecule has 0 aliphatic rings. The van der Waals surface area contributed by atoms with Crippen LogP contribution >= 0.6 is 0 Å². The highest BCUT2D eigenvalue weighted by Crippen LogP contribution is 2.14. The first-order valence-corrected chi connectivity index (χ1v) is 5.55. The molecule has 1 heterocycles. The fourth-order valence-corrected chi connectivity index (χ4v) is 1.49. The van der Waals surface area contributed by atoms with Gasteiger partial charge in [0.1, 0.15) is 11.6 Å². The van der Waals surface area contributed by atoms with Crippen molar-refractivity contribution in [3.05, 3.63) is 47.9 Å². The first kappa shape index (κ1) is 12.0. The molecule has 0 aliphatic carbocycles. The Balaban J connectivity index is 2.12. The van der Waals surface area contributed by atoms with Gasteiger partial charge in [0.15, 0.2) is 0 Å². The maximum Gasteiger partial charge on any atom is 0.144 e. The number of aromatic nitrogens is 2. The van der Waals surface area contributed by atoms with Gasteiger partial charge in [0.25, 0.3) is 0 Å². The molecule has 0 fully saturated rings. The van der Waals surface area contributed by atoms with Gasteiger partial charge in [-0.15, -0.1) is 0 Å². The highest BCUT2D eigenvalue weighted by Gasteiger charge is 1.99. The molecular weight excluding hydrogens is 226 g/mol. The molecule has 0 amide bonds. The fraction of sp³-hybridized carbons (Fsp3) is 0.154. The van der Waals surface area contributed by atoms with Crippen LogP contribution in [0, 0.1) is 11.3 Å². The van der Waals surface area contributed by atoms with Crippen molar-refractivity contribution >= 4 is 11.5 Å². The SMILES string of the molecule is CNCc1nccc(Nc2ccc(C#N)cc2)n1. The van der Waals surface area contributed by atoms with Crippen LogP contribution in [-0.2, 0) is 6.54 Å². The molecule has 0 saturated heterocycles. The van der Waals surface area contributed by atoms with Gasteiger partial charge in [-0.1, -0.05) is 0 Å². The maximum absolute atomic E-state index is 8.72. The summed E-state index contributed by atoms with van der Waals surface area (Å²) in [5.74, 6) is 1.47. The van der Waals surface area contributed by atoms with E-state index in [0.717, 1.165) is 17.3 Å². The van der Waals surface area contributed by atoms with Crippen LogP contribution in [0.1, 0.15) is 11.4 Å². The largest absolute Gasteiger partial charge is 0.340 e. The quantitative estimate of drug-likeness (QED) is 0.851. The predicted octanol–water partition coefficient (Wildman–Crippen LogP) is 1.81. The van der Waals surface area contributed by atoms with Crippen LogP contribution in [0.4, 0.5) is 11.5 Å².